The minimum atomic E-state index is 0.128. The van der Waals surface area contributed by atoms with Crippen LogP contribution in [-0.4, -0.2) is 6.61 Å². The van der Waals surface area contributed by atoms with E-state index < -0.39 is 0 Å². The van der Waals surface area contributed by atoms with Gasteiger partial charge in [0, 0.05) is 5.02 Å². The molecule has 0 bridgehead atoms. The van der Waals surface area contributed by atoms with Crippen molar-refractivity contribution in [2.24, 2.45) is 0 Å². The Morgan fingerprint density at radius 1 is 1.33 bits per heavy atom. The first-order valence-electron chi connectivity index (χ1n) is 3.52. The van der Waals surface area contributed by atoms with E-state index in [4.69, 9.17) is 21.6 Å². The van der Waals surface area contributed by atoms with E-state index in [0.717, 1.165) is 5.56 Å². The predicted molar refractivity (Wildman–Crippen MR) is 46.7 cm³/mol. The Morgan fingerprint density at radius 2 is 2.00 bits per heavy atom. The lowest BCUT2D eigenvalue weighted by Gasteiger charge is -1.99. The van der Waals surface area contributed by atoms with Crippen LogP contribution in [0, 0.1) is 11.3 Å². The van der Waals surface area contributed by atoms with Crippen LogP contribution < -0.4 is 0 Å². The lowest BCUT2D eigenvalue weighted by Crippen LogP contribution is -1.91. The lowest BCUT2D eigenvalue weighted by molar-refractivity contribution is 0.152. The molecule has 0 fully saturated rings. The fourth-order valence-corrected chi connectivity index (χ4v) is 0.921. The van der Waals surface area contributed by atoms with Crippen LogP contribution >= 0.6 is 11.6 Å². The van der Waals surface area contributed by atoms with Crippen molar-refractivity contribution in [3.8, 4) is 6.07 Å². The third-order valence-electron chi connectivity index (χ3n) is 1.35. The summed E-state index contributed by atoms with van der Waals surface area (Å²) in [4.78, 5) is 0. The van der Waals surface area contributed by atoms with Crippen molar-refractivity contribution < 1.29 is 4.74 Å². The number of hydrogen-bond acceptors (Lipinski definition) is 2. The molecule has 2 nitrogen and oxygen atoms in total. The van der Waals surface area contributed by atoms with Crippen LogP contribution in [0.5, 0.6) is 0 Å². The number of nitrogens with zero attached hydrogens (tertiary/aromatic N) is 1. The molecule has 0 spiro atoms. The molecule has 0 amide bonds. The summed E-state index contributed by atoms with van der Waals surface area (Å²) in [6.07, 6.45) is 0. The van der Waals surface area contributed by atoms with Gasteiger partial charge in [-0.1, -0.05) is 23.7 Å². The Kier molecular flexibility index (Phi) is 3.59. The van der Waals surface area contributed by atoms with Crippen LogP contribution in [0.25, 0.3) is 0 Å². The molecule has 0 unspecified atom stereocenters. The first kappa shape index (κ1) is 9.05. The zero-order chi connectivity index (χ0) is 8.81. The monoisotopic (exact) mass is 181 g/mol. The van der Waals surface area contributed by atoms with E-state index in [2.05, 4.69) is 0 Å². The second kappa shape index (κ2) is 4.76. The van der Waals surface area contributed by atoms with Gasteiger partial charge in [-0.25, -0.2) is 0 Å². The Labute approximate surface area is 76.3 Å². The number of ether oxygens (including phenoxy) is 1. The van der Waals surface area contributed by atoms with Crippen LogP contribution in [0.15, 0.2) is 24.3 Å². The summed E-state index contributed by atoms with van der Waals surface area (Å²) in [5.74, 6) is 0. The molecule has 3 heteroatoms. The average molecular weight is 182 g/mol. The lowest BCUT2D eigenvalue weighted by atomic mass is 10.2. The van der Waals surface area contributed by atoms with E-state index in [-0.39, 0.29) is 6.61 Å². The van der Waals surface area contributed by atoms with Gasteiger partial charge in [0.05, 0.1) is 12.7 Å². The quantitative estimate of drug-likeness (QED) is 0.671. The normalized spacial score (nSPS) is 9.33. The van der Waals surface area contributed by atoms with Gasteiger partial charge in [0.25, 0.3) is 0 Å². The van der Waals surface area contributed by atoms with E-state index in [0.29, 0.717) is 11.6 Å². The molecule has 0 atom stereocenters. The highest BCUT2D eigenvalue weighted by molar-refractivity contribution is 6.30. The molecule has 0 aromatic heterocycles. The molecule has 0 aliphatic heterocycles. The molecular formula is C9H8ClNO. The van der Waals surface area contributed by atoms with Gasteiger partial charge in [-0.15, -0.1) is 0 Å². The molecule has 12 heavy (non-hydrogen) atoms. The molecule has 1 rings (SSSR count). The smallest absolute Gasteiger partial charge is 0.134 e. The van der Waals surface area contributed by atoms with Gasteiger partial charge in [0.1, 0.15) is 6.61 Å². The zero-order valence-corrected chi connectivity index (χ0v) is 7.21. The van der Waals surface area contributed by atoms with E-state index in [1.54, 1.807) is 12.1 Å². The molecule has 0 saturated heterocycles. The maximum absolute atomic E-state index is 8.19. The number of nitriles is 1. The zero-order valence-electron chi connectivity index (χ0n) is 6.46. The third-order valence-corrected chi connectivity index (χ3v) is 1.60. The summed E-state index contributed by atoms with van der Waals surface area (Å²) in [7, 11) is 0. The molecule has 62 valence electrons. The van der Waals surface area contributed by atoms with Gasteiger partial charge in [-0.05, 0) is 17.7 Å². The first-order chi connectivity index (χ1) is 5.83. The van der Waals surface area contributed by atoms with Crippen molar-refractivity contribution in [3.63, 3.8) is 0 Å². The maximum Gasteiger partial charge on any atom is 0.134 e. The minimum absolute atomic E-state index is 0.128. The molecule has 1 aromatic carbocycles. The minimum Gasteiger partial charge on any atom is -0.362 e. The van der Waals surface area contributed by atoms with Crippen LogP contribution in [0.4, 0.5) is 0 Å². The van der Waals surface area contributed by atoms with Gasteiger partial charge < -0.3 is 4.74 Å². The SMILES string of the molecule is N#CCOCc1ccc(Cl)cc1. The summed E-state index contributed by atoms with van der Waals surface area (Å²) < 4.78 is 5.00. The van der Waals surface area contributed by atoms with E-state index in [9.17, 15) is 0 Å². The molecule has 0 N–H and O–H groups in total. The summed E-state index contributed by atoms with van der Waals surface area (Å²) in [5, 5.41) is 8.90. The average Bonchev–Trinajstić information content (AvgIpc) is 2.09. The van der Waals surface area contributed by atoms with Crippen molar-refractivity contribution in [1.82, 2.24) is 0 Å². The van der Waals surface area contributed by atoms with Crippen molar-refractivity contribution in [3.05, 3.63) is 34.9 Å². The van der Waals surface area contributed by atoms with E-state index in [1.807, 2.05) is 18.2 Å². The van der Waals surface area contributed by atoms with Crippen molar-refractivity contribution in [1.29, 1.82) is 5.26 Å². The number of halogens is 1. The second-order valence-electron chi connectivity index (χ2n) is 2.28. The Hall–Kier alpha value is -1.04. The van der Waals surface area contributed by atoms with Gasteiger partial charge in [-0.2, -0.15) is 5.26 Å². The van der Waals surface area contributed by atoms with E-state index in [1.165, 1.54) is 0 Å². The Bertz CT molecular complexity index is 276. The fraction of sp³-hybridized carbons (Fsp3) is 0.222. The topological polar surface area (TPSA) is 33.0 Å². The number of hydrogen-bond donors (Lipinski definition) is 0. The van der Waals surface area contributed by atoms with Crippen molar-refractivity contribution >= 4 is 11.6 Å². The van der Waals surface area contributed by atoms with Crippen molar-refractivity contribution in [2.45, 2.75) is 6.61 Å². The predicted octanol–water partition coefficient (Wildman–Crippen LogP) is 2.38. The Balaban J connectivity index is 2.43. The largest absolute Gasteiger partial charge is 0.362 e. The standard InChI is InChI=1S/C9H8ClNO/c10-9-3-1-8(2-4-9)7-12-6-5-11/h1-4H,6-7H2. The highest BCUT2D eigenvalue weighted by Gasteiger charge is 1.91. The number of benzene rings is 1. The first-order valence-corrected chi connectivity index (χ1v) is 3.90. The molecule has 0 aliphatic carbocycles. The Morgan fingerprint density at radius 3 is 2.58 bits per heavy atom. The molecule has 1 aromatic rings. The number of rotatable bonds is 3. The summed E-state index contributed by atoms with van der Waals surface area (Å²) in [6, 6.07) is 9.25. The van der Waals surface area contributed by atoms with Gasteiger partial charge in [-0.3, -0.25) is 0 Å². The summed E-state index contributed by atoms with van der Waals surface area (Å²) >= 11 is 5.68. The van der Waals surface area contributed by atoms with Crippen LogP contribution in [0.1, 0.15) is 5.56 Å². The van der Waals surface area contributed by atoms with Crippen molar-refractivity contribution in [2.75, 3.05) is 6.61 Å². The highest BCUT2D eigenvalue weighted by Crippen LogP contribution is 2.09. The van der Waals surface area contributed by atoms with Gasteiger partial charge >= 0.3 is 0 Å². The highest BCUT2D eigenvalue weighted by atomic mass is 35.5. The van der Waals surface area contributed by atoms with Gasteiger partial charge in [0.2, 0.25) is 0 Å². The molecule has 0 heterocycles. The van der Waals surface area contributed by atoms with Crippen LogP contribution in [0.3, 0.4) is 0 Å². The van der Waals surface area contributed by atoms with Gasteiger partial charge in [0.15, 0.2) is 0 Å². The molecule has 0 saturated carbocycles. The molecular weight excluding hydrogens is 174 g/mol. The van der Waals surface area contributed by atoms with Crippen LogP contribution in [-0.2, 0) is 11.3 Å². The van der Waals surface area contributed by atoms with E-state index >= 15 is 0 Å². The maximum atomic E-state index is 8.19. The third kappa shape index (κ3) is 2.91. The second-order valence-corrected chi connectivity index (χ2v) is 2.71. The van der Waals surface area contributed by atoms with Crippen LogP contribution in [0.2, 0.25) is 5.02 Å². The summed E-state index contributed by atoms with van der Waals surface area (Å²) in [6.45, 7) is 0.591. The fourth-order valence-electron chi connectivity index (χ4n) is 0.795. The summed E-state index contributed by atoms with van der Waals surface area (Å²) in [5.41, 5.74) is 1.02. The molecule has 0 aliphatic rings. The molecule has 0 radical (unpaired) electrons.